The second kappa shape index (κ2) is 7.36. The molecule has 2 saturated heterocycles. The fourth-order valence-electron chi connectivity index (χ4n) is 3.83. The third-order valence-corrected chi connectivity index (χ3v) is 5.29. The quantitative estimate of drug-likeness (QED) is 0.850. The maximum absolute atomic E-state index is 12.7. The number of nitrogens with zero attached hydrogens (tertiary/aromatic N) is 2. The van der Waals surface area contributed by atoms with Crippen molar-refractivity contribution in [2.45, 2.75) is 6.10 Å². The van der Waals surface area contributed by atoms with Crippen molar-refractivity contribution in [3.8, 4) is 5.75 Å². The standard InChI is InChI=1S/C20H21N3O4/c24-16-3-1-2-14(8-16)20(26)23-10-17-15(12-27-18(17)11-23)9-22-19(25)13-4-6-21-7-5-13/h1-8,15,17-18,24H,9-12H2,(H,22,25)/t15-,17+,18+/m0/s1. The molecule has 0 aliphatic carbocycles. The van der Waals surface area contributed by atoms with Gasteiger partial charge in [-0.15, -0.1) is 0 Å². The maximum atomic E-state index is 12.7. The Balaban J connectivity index is 1.36. The van der Waals surface area contributed by atoms with Crippen molar-refractivity contribution >= 4 is 11.8 Å². The summed E-state index contributed by atoms with van der Waals surface area (Å²) in [7, 11) is 0. The zero-order chi connectivity index (χ0) is 18.8. The summed E-state index contributed by atoms with van der Waals surface area (Å²) < 4.78 is 5.86. The predicted molar refractivity (Wildman–Crippen MR) is 97.3 cm³/mol. The predicted octanol–water partition coefficient (Wildman–Crippen LogP) is 1.30. The normalized spacial score (nSPS) is 23.9. The summed E-state index contributed by atoms with van der Waals surface area (Å²) in [5.74, 6) is 0.204. The third kappa shape index (κ3) is 3.64. The summed E-state index contributed by atoms with van der Waals surface area (Å²) in [6, 6.07) is 9.73. The van der Waals surface area contributed by atoms with Crippen LogP contribution in [0.25, 0.3) is 0 Å². The van der Waals surface area contributed by atoms with Gasteiger partial charge in [-0.3, -0.25) is 14.6 Å². The molecule has 27 heavy (non-hydrogen) atoms. The van der Waals surface area contributed by atoms with E-state index < -0.39 is 0 Å². The number of phenols is 1. The molecule has 1 aromatic carbocycles. The molecule has 2 aliphatic rings. The number of rotatable bonds is 4. The highest BCUT2D eigenvalue weighted by Crippen LogP contribution is 2.34. The van der Waals surface area contributed by atoms with E-state index in [1.807, 2.05) is 0 Å². The van der Waals surface area contributed by atoms with Crippen LogP contribution in [0.2, 0.25) is 0 Å². The molecule has 3 heterocycles. The Kier molecular flexibility index (Phi) is 4.77. The molecule has 7 nitrogen and oxygen atoms in total. The van der Waals surface area contributed by atoms with Crippen LogP contribution in [0.4, 0.5) is 0 Å². The molecule has 0 radical (unpaired) electrons. The fourth-order valence-corrected chi connectivity index (χ4v) is 3.83. The van der Waals surface area contributed by atoms with Crippen molar-refractivity contribution in [2.75, 3.05) is 26.2 Å². The molecule has 7 heteroatoms. The van der Waals surface area contributed by atoms with E-state index in [2.05, 4.69) is 10.3 Å². The van der Waals surface area contributed by atoms with Gasteiger partial charge in [0.05, 0.1) is 12.7 Å². The number of hydrogen-bond donors (Lipinski definition) is 2. The number of aromatic nitrogens is 1. The molecule has 4 rings (SSSR count). The van der Waals surface area contributed by atoms with E-state index in [0.29, 0.717) is 37.4 Å². The van der Waals surface area contributed by atoms with Crippen LogP contribution in [0.3, 0.4) is 0 Å². The van der Waals surface area contributed by atoms with Crippen molar-refractivity contribution in [1.29, 1.82) is 0 Å². The second-order valence-electron chi connectivity index (χ2n) is 7.00. The number of carbonyl (C=O) groups excluding carboxylic acids is 2. The van der Waals surface area contributed by atoms with Crippen molar-refractivity contribution in [2.24, 2.45) is 11.8 Å². The third-order valence-electron chi connectivity index (χ3n) is 5.29. The number of nitrogens with one attached hydrogen (secondary N) is 1. The minimum atomic E-state index is -0.133. The molecular weight excluding hydrogens is 346 g/mol. The Bertz CT molecular complexity index is 842. The molecule has 3 atom stereocenters. The number of likely N-dealkylation sites (tertiary alicyclic amines) is 1. The van der Waals surface area contributed by atoms with E-state index in [1.165, 1.54) is 6.07 Å². The highest BCUT2D eigenvalue weighted by Gasteiger charge is 2.45. The summed E-state index contributed by atoms with van der Waals surface area (Å²) >= 11 is 0. The summed E-state index contributed by atoms with van der Waals surface area (Å²) in [5, 5.41) is 12.5. The number of hydrogen-bond acceptors (Lipinski definition) is 5. The first-order chi connectivity index (χ1) is 13.1. The molecule has 0 bridgehead atoms. The number of aromatic hydroxyl groups is 1. The number of benzene rings is 1. The van der Waals surface area contributed by atoms with Gasteiger partial charge in [0.15, 0.2) is 0 Å². The average Bonchev–Trinajstić information content (AvgIpc) is 3.27. The lowest BCUT2D eigenvalue weighted by Crippen LogP contribution is -2.35. The molecule has 140 valence electrons. The van der Waals surface area contributed by atoms with Crippen LogP contribution in [0.15, 0.2) is 48.8 Å². The number of amides is 2. The molecule has 1 aromatic heterocycles. The fraction of sp³-hybridized carbons (Fsp3) is 0.350. The minimum Gasteiger partial charge on any atom is -0.508 e. The van der Waals surface area contributed by atoms with E-state index >= 15 is 0 Å². The van der Waals surface area contributed by atoms with Crippen molar-refractivity contribution in [3.05, 3.63) is 59.9 Å². The number of carbonyl (C=O) groups is 2. The van der Waals surface area contributed by atoms with Gasteiger partial charge >= 0.3 is 0 Å². The minimum absolute atomic E-state index is 0.00548. The van der Waals surface area contributed by atoms with Crippen LogP contribution < -0.4 is 5.32 Å². The summed E-state index contributed by atoms with van der Waals surface area (Å²) in [5.41, 5.74) is 1.05. The largest absolute Gasteiger partial charge is 0.508 e. The first-order valence-electron chi connectivity index (χ1n) is 9.00. The lowest BCUT2D eigenvalue weighted by atomic mass is 9.93. The van der Waals surface area contributed by atoms with Gasteiger partial charge in [-0.05, 0) is 30.3 Å². The van der Waals surface area contributed by atoms with Crippen LogP contribution in [-0.4, -0.2) is 59.1 Å². The van der Waals surface area contributed by atoms with E-state index in [1.54, 1.807) is 47.6 Å². The summed E-state index contributed by atoms with van der Waals surface area (Å²) in [6.45, 7) is 2.22. The Morgan fingerprint density at radius 3 is 2.78 bits per heavy atom. The number of phenolic OH excluding ortho intramolecular Hbond substituents is 1. The SMILES string of the molecule is O=C(NC[C@H]1CO[C@@H]2CN(C(=O)c3cccc(O)c3)C[C@H]12)c1ccncc1. The zero-order valence-corrected chi connectivity index (χ0v) is 14.7. The van der Waals surface area contributed by atoms with E-state index in [9.17, 15) is 14.7 Å². The van der Waals surface area contributed by atoms with Gasteiger partial charge < -0.3 is 20.1 Å². The second-order valence-corrected chi connectivity index (χ2v) is 7.00. The van der Waals surface area contributed by atoms with Crippen LogP contribution in [0.5, 0.6) is 5.75 Å². The zero-order valence-electron chi connectivity index (χ0n) is 14.7. The average molecular weight is 367 g/mol. The van der Waals surface area contributed by atoms with E-state index in [4.69, 9.17) is 4.74 Å². The molecule has 2 N–H and O–H groups in total. The highest BCUT2D eigenvalue weighted by molar-refractivity contribution is 5.95. The van der Waals surface area contributed by atoms with Crippen LogP contribution in [0.1, 0.15) is 20.7 Å². The first-order valence-corrected chi connectivity index (χ1v) is 9.00. The highest BCUT2D eigenvalue weighted by atomic mass is 16.5. The van der Waals surface area contributed by atoms with E-state index in [-0.39, 0.29) is 35.5 Å². The molecule has 0 unspecified atom stereocenters. The molecule has 2 aliphatic heterocycles. The van der Waals surface area contributed by atoms with Gasteiger partial charge in [-0.2, -0.15) is 0 Å². The molecule has 2 fully saturated rings. The van der Waals surface area contributed by atoms with Gasteiger partial charge in [0, 0.05) is 55.0 Å². The van der Waals surface area contributed by atoms with Crippen LogP contribution >= 0.6 is 0 Å². The van der Waals surface area contributed by atoms with Gasteiger partial charge in [-0.1, -0.05) is 6.07 Å². The van der Waals surface area contributed by atoms with Crippen molar-refractivity contribution < 1.29 is 19.4 Å². The first kappa shape index (κ1) is 17.5. The lowest BCUT2D eigenvalue weighted by Gasteiger charge is -2.20. The summed E-state index contributed by atoms with van der Waals surface area (Å²) in [4.78, 5) is 30.6. The lowest BCUT2D eigenvalue weighted by molar-refractivity contribution is 0.0674. The Morgan fingerprint density at radius 1 is 1.19 bits per heavy atom. The summed E-state index contributed by atoms with van der Waals surface area (Å²) in [6.07, 6.45) is 3.17. The van der Waals surface area contributed by atoms with Gasteiger partial charge in [-0.25, -0.2) is 0 Å². The number of fused-ring (bicyclic) bond motifs is 1. The monoisotopic (exact) mass is 367 g/mol. The van der Waals surface area contributed by atoms with Gasteiger partial charge in [0.1, 0.15) is 5.75 Å². The van der Waals surface area contributed by atoms with Gasteiger partial charge in [0.25, 0.3) is 11.8 Å². The van der Waals surface area contributed by atoms with Gasteiger partial charge in [0.2, 0.25) is 0 Å². The molecule has 0 spiro atoms. The molecule has 2 amide bonds. The Hall–Kier alpha value is -2.93. The molecule has 2 aromatic rings. The van der Waals surface area contributed by atoms with E-state index in [0.717, 1.165) is 0 Å². The molecular formula is C20H21N3O4. The van der Waals surface area contributed by atoms with Crippen LogP contribution in [-0.2, 0) is 4.74 Å². The molecule has 0 saturated carbocycles. The Morgan fingerprint density at radius 2 is 2.00 bits per heavy atom. The van der Waals surface area contributed by atoms with Crippen LogP contribution in [0, 0.1) is 11.8 Å². The topological polar surface area (TPSA) is 91.8 Å². The van der Waals surface area contributed by atoms with Crippen molar-refractivity contribution in [1.82, 2.24) is 15.2 Å². The van der Waals surface area contributed by atoms with Crippen molar-refractivity contribution in [3.63, 3.8) is 0 Å². The maximum Gasteiger partial charge on any atom is 0.254 e. The number of ether oxygens (including phenoxy) is 1. The number of pyridine rings is 1. The smallest absolute Gasteiger partial charge is 0.254 e. The Labute approximate surface area is 157 Å².